The van der Waals surface area contributed by atoms with Crippen molar-refractivity contribution in [1.29, 1.82) is 0 Å². The minimum absolute atomic E-state index is 0.484. The number of guanidine groups is 1. The van der Waals surface area contributed by atoms with E-state index in [1.165, 1.54) is 24.3 Å². The average Bonchev–Trinajstić information content (AvgIpc) is 3.30. The molecule has 1 aliphatic heterocycles. The predicted molar refractivity (Wildman–Crippen MR) is 110 cm³/mol. The van der Waals surface area contributed by atoms with E-state index in [4.69, 9.17) is 4.99 Å². The molecule has 1 saturated heterocycles. The first-order chi connectivity index (χ1) is 12.6. The van der Waals surface area contributed by atoms with Crippen molar-refractivity contribution in [2.45, 2.75) is 57.1 Å². The van der Waals surface area contributed by atoms with Crippen LogP contribution >= 0.6 is 11.3 Å². The molecular weight excluding hydrogens is 344 g/mol. The lowest BCUT2D eigenvalue weighted by atomic mass is 9.88. The van der Waals surface area contributed by atoms with Crippen molar-refractivity contribution < 1.29 is 5.11 Å². The Balaban J connectivity index is 1.61. The third kappa shape index (κ3) is 4.99. The Hall–Kier alpha value is -1.11. The van der Waals surface area contributed by atoms with Crippen molar-refractivity contribution in [3.8, 4) is 0 Å². The Morgan fingerprint density at radius 2 is 2.15 bits per heavy atom. The highest BCUT2D eigenvalue weighted by molar-refractivity contribution is 7.10. The summed E-state index contributed by atoms with van der Waals surface area (Å²) in [6, 6.07) is 4.90. The first-order valence-electron chi connectivity index (χ1n) is 10.1. The summed E-state index contributed by atoms with van der Waals surface area (Å²) >= 11 is 1.86. The van der Waals surface area contributed by atoms with E-state index >= 15 is 0 Å². The Morgan fingerprint density at radius 3 is 2.85 bits per heavy atom. The molecule has 3 N–H and O–H groups in total. The minimum atomic E-state index is -0.590. The number of piperidine rings is 1. The smallest absolute Gasteiger partial charge is 0.191 e. The van der Waals surface area contributed by atoms with Gasteiger partial charge < -0.3 is 15.7 Å². The van der Waals surface area contributed by atoms with Crippen LogP contribution in [0.4, 0.5) is 0 Å². The molecule has 3 rings (SSSR count). The quantitative estimate of drug-likeness (QED) is 0.526. The normalized spacial score (nSPS) is 26.8. The number of hydrogen-bond acceptors (Lipinski definition) is 4. The fourth-order valence-corrected chi connectivity index (χ4v) is 5.35. The van der Waals surface area contributed by atoms with Gasteiger partial charge in [0, 0.05) is 24.0 Å². The molecular formula is C20H34N4OS. The van der Waals surface area contributed by atoms with Crippen LogP contribution in [0.15, 0.2) is 22.5 Å². The molecule has 2 heterocycles. The summed E-state index contributed by atoms with van der Waals surface area (Å²) in [7, 11) is 2.24. The highest BCUT2D eigenvalue weighted by atomic mass is 32.1. The molecule has 146 valence electrons. The molecule has 26 heavy (non-hydrogen) atoms. The topological polar surface area (TPSA) is 59.9 Å². The van der Waals surface area contributed by atoms with Crippen LogP contribution in [0.2, 0.25) is 0 Å². The van der Waals surface area contributed by atoms with Gasteiger partial charge in [-0.2, -0.15) is 0 Å². The van der Waals surface area contributed by atoms with Gasteiger partial charge in [0.05, 0.1) is 12.1 Å². The molecule has 1 saturated carbocycles. The first-order valence-corrected chi connectivity index (χ1v) is 11.0. The van der Waals surface area contributed by atoms with Crippen molar-refractivity contribution in [3.63, 3.8) is 0 Å². The van der Waals surface area contributed by atoms with Gasteiger partial charge in [-0.25, -0.2) is 0 Å². The number of rotatable bonds is 6. The third-order valence-corrected chi connectivity index (χ3v) is 6.73. The molecule has 0 bridgehead atoms. The molecule has 1 aromatic heterocycles. The highest BCUT2D eigenvalue weighted by Crippen LogP contribution is 2.36. The molecule has 0 amide bonds. The molecule has 2 unspecified atom stereocenters. The van der Waals surface area contributed by atoms with Crippen LogP contribution in [0.25, 0.3) is 0 Å². The van der Waals surface area contributed by atoms with Gasteiger partial charge in [-0.15, -0.1) is 11.3 Å². The summed E-state index contributed by atoms with van der Waals surface area (Å²) in [4.78, 5) is 8.64. The Kier molecular flexibility index (Phi) is 6.95. The van der Waals surface area contributed by atoms with E-state index in [1.807, 2.05) is 11.3 Å². The van der Waals surface area contributed by atoms with E-state index in [-0.39, 0.29) is 0 Å². The fourth-order valence-electron chi connectivity index (χ4n) is 4.37. The standard InChI is InChI=1S/C20H34N4OS/c1-3-21-19(23-15-20(25)10-4-5-11-20)22-14-16-8-6-12-24(2)18(16)17-9-7-13-26-17/h7,9,13,16,18,25H,3-6,8,10-12,14-15H2,1-2H3,(H2,21,22,23). The number of nitrogens with one attached hydrogen (secondary N) is 2. The molecule has 0 radical (unpaired) electrons. The van der Waals surface area contributed by atoms with Crippen molar-refractivity contribution in [2.24, 2.45) is 10.9 Å². The number of aliphatic hydroxyl groups is 1. The van der Waals surface area contributed by atoms with Crippen LogP contribution in [0.5, 0.6) is 0 Å². The number of nitrogens with zero attached hydrogens (tertiary/aromatic N) is 2. The number of likely N-dealkylation sites (tertiary alicyclic amines) is 1. The third-order valence-electron chi connectivity index (χ3n) is 5.78. The Morgan fingerprint density at radius 1 is 1.35 bits per heavy atom. The maximum Gasteiger partial charge on any atom is 0.191 e. The van der Waals surface area contributed by atoms with Crippen molar-refractivity contribution in [2.75, 3.05) is 33.2 Å². The van der Waals surface area contributed by atoms with E-state index in [2.05, 4.69) is 47.0 Å². The summed E-state index contributed by atoms with van der Waals surface area (Å²) in [6.45, 7) is 5.51. The SMILES string of the molecule is CCNC(=NCC1(O)CCCC1)NCC1CCCN(C)C1c1cccs1. The minimum Gasteiger partial charge on any atom is -0.388 e. The molecule has 1 aliphatic carbocycles. The van der Waals surface area contributed by atoms with Crippen LogP contribution in [0.1, 0.15) is 56.4 Å². The van der Waals surface area contributed by atoms with E-state index in [9.17, 15) is 5.11 Å². The van der Waals surface area contributed by atoms with Crippen LogP contribution in [-0.2, 0) is 0 Å². The van der Waals surface area contributed by atoms with Gasteiger partial charge in [-0.3, -0.25) is 9.89 Å². The number of hydrogen-bond donors (Lipinski definition) is 3. The van der Waals surface area contributed by atoms with Gasteiger partial charge in [0.2, 0.25) is 0 Å². The van der Waals surface area contributed by atoms with Crippen LogP contribution in [0.3, 0.4) is 0 Å². The molecule has 2 aliphatic rings. The fraction of sp³-hybridized carbons (Fsp3) is 0.750. The Bertz CT molecular complexity index is 568. The second-order valence-corrected chi connectivity index (χ2v) is 8.83. The largest absolute Gasteiger partial charge is 0.388 e. The van der Waals surface area contributed by atoms with E-state index in [1.54, 1.807) is 0 Å². The van der Waals surface area contributed by atoms with Gasteiger partial charge in [0.15, 0.2) is 5.96 Å². The molecule has 0 aromatic carbocycles. The summed E-state index contributed by atoms with van der Waals surface area (Å²) in [5, 5.41) is 19.6. The van der Waals surface area contributed by atoms with Gasteiger partial charge in [0.25, 0.3) is 0 Å². The monoisotopic (exact) mass is 378 g/mol. The molecule has 2 atom stereocenters. The van der Waals surface area contributed by atoms with Crippen molar-refractivity contribution in [3.05, 3.63) is 22.4 Å². The molecule has 1 aromatic rings. The summed E-state index contributed by atoms with van der Waals surface area (Å²) in [5.74, 6) is 1.41. The highest BCUT2D eigenvalue weighted by Gasteiger charge is 2.32. The second-order valence-electron chi connectivity index (χ2n) is 7.85. The maximum atomic E-state index is 10.6. The van der Waals surface area contributed by atoms with Gasteiger partial charge >= 0.3 is 0 Å². The molecule has 0 spiro atoms. The van der Waals surface area contributed by atoms with Crippen molar-refractivity contribution >= 4 is 17.3 Å². The lowest BCUT2D eigenvalue weighted by Crippen LogP contribution is -2.45. The van der Waals surface area contributed by atoms with E-state index in [0.717, 1.165) is 44.7 Å². The predicted octanol–water partition coefficient (Wildman–Crippen LogP) is 2.99. The van der Waals surface area contributed by atoms with Crippen LogP contribution in [-0.4, -0.2) is 54.8 Å². The van der Waals surface area contributed by atoms with Gasteiger partial charge in [-0.1, -0.05) is 18.9 Å². The molecule has 2 fully saturated rings. The maximum absolute atomic E-state index is 10.6. The first kappa shape index (κ1) is 19.6. The lowest BCUT2D eigenvalue weighted by Gasteiger charge is -2.39. The molecule has 5 nitrogen and oxygen atoms in total. The summed E-state index contributed by atoms with van der Waals surface area (Å²) in [6.07, 6.45) is 6.48. The van der Waals surface area contributed by atoms with Crippen molar-refractivity contribution in [1.82, 2.24) is 15.5 Å². The van der Waals surface area contributed by atoms with Crippen LogP contribution in [0, 0.1) is 5.92 Å². The summed E-state index contributed by atoms with van der Waals surface area (Å²) < 4.78 is 0. The molecule has 6 heteroatoms. The summed E-state index contributed by atoms with van der Waals surface area (Å²) in [5.41, 5.74) is -0.590. The zero-order valence-electron chi connectivity index (χ0n) is 16.2. The zero-order valence-corrected chi connectivity index (χ0v) is 17.0. The van der Waals surface area contributed by atoms with Gasteiger partial charge in [-0.05, 0) is 63.6 Å². The average molecular weight is 379 g/mol. The zero-order chi connectivity index (χ0) is 18.4. The second kappa shape index (κ2) is 9.20. The van der Waals surface area contributed by atoms with Gasteiger partial charge in [0.1, 0.15) is 0 Å². The number of thiophene rings is 1. The number of aliphatic imine (C=N–C) groups is 1. The Labute approximate surface area is 161 Å². The lowest BCUT2D eigenvalue weighted by molar-refractivity contribution is 0.0574. The van der Waals surface area contributed by atoms with E-state index in [0.29, 0.717) is 18.5 Å². The van der Waals surface area contributed by atoms with Crippen LogP contribution < -0.4 is 10.6 Å². The van der Waals surface area contributed by atoms with E-state index < -0.39 is 5.60 Å².